The number of benzene rings is 2. The number of anilines is 1. The lowest BCUT2D eigenvalue weighted by molar-refractivity contribution is -0.120. The molecule has 0 aliphatic heterocycles. The minimum absolute atomic E-state index is 0.157. The van der Waals surface area contributed by atoms with Crippen molar-refractivity contribution in [1.29, 1.82) is 0 Å². The lowest BCUT2D eigenvalue weighted by Crippen LogP contribution is -2.25. The van der Waals surface area contributed by atoms with Gasteiger partial charge in [-0.15, -0.1) is 0 Å². The number of carbonyl (C=O) groups excluding carboxylic acids is 2. The Morgan fingerprint density at radius 1 is 0.963 bits per heavy atom. The van der Waals surface area contributed by atoms with Crippen LogP contribution in [0.3, 0.4) is 0 Å². The summed E-state index contributed by atoms with van der Waals surface area (Å²) in [6, 6.07) is 16.4. The number of pyridine rings is 1. The zero-order chi connectivity index (χ0) is 19.1. The maximum atomic E-state index is 12.9. The maximum Gasteiger partial charge on any atom is 0.257 e. The number of carbonyl (C=O) groups is 2. The Hall–Kier alpha value is -3.54. The minimum atomic E-state index is -0.336. The van der Waals surface area contributed by atoms with Crippen molar-refractivity contribution in [1.82, 2.24) is 10.3 Å². The van der Waals surface area contributed by atoms with E-state index in [9.17, 15) is 14.0 Å². The van der Waals surface area contributed by atoms with Crippen LogP contribution in [0.15, 0.2) is 73.1 Å². The van der Waals surface area contributed by atoms with Crippen LogP contribution < -0.4 is 10.6 Å². The summed E-state index contributed by atoms with van der Waals surface area (Å²) in [5.74, 6) is -0.791. The first-order chi connectivity index (χ1) is 13.1. The van der Waals surface area contributed by atoms with Crippen molar-refractivity contribution < 1.29 is 14.0 Å². The van der Waals surface area contributed by atoms with Gasteiger partial charge in [0.05, 0.1) is 12.0 Å². The molecule has 0 atom stereocenters. The molecule has 0 aliphatic carbocycles. The van der Waals surface area contributed by atoms with Crippen LogP contribution in [0, 0.1) is 5.82 Å². The molecular weight excluding hydrogens is 345 g/mol. The second kappa shape index (κ2) is 8.71. The molecule has 6 heteroatoms. The van der Waals surface area contributed by atoms with Gasteiger partial charge < -0.3 is 10.6 Å². The largest absolute Gasteiger partial charge is 0.352 e. The fourth-order valence-electron chi connectivity index (χ4n) is 2.53. The van der Waals surface area contributed by atoms with E-state index in [0.717, 1.165) is 11.1 Å². The SMILES string of the molecule is O=C(Cc1ccc(F)cc1)NCc1ccccc1NC(=O)c1cccnc1. The van der Waals surface area contributed by atoms with Crippen LogP contribution in [0.5, 0.6) is 0 Å². The fraction of sp³-hybridized carbons (Fsp3) is 0.0952. The van der Waals surface area contributed by atoms with Gasteiger partial charge in [0.25, 0.3) is 5.91 Å². The van der Waals surface area contributed by atoms with Crippen molar-refractivity contribution in [2.45, 2.75) is 13.0 Å². The molecule has 2 amide bonds. The Kier molecular flexibility index (Phi) is 5.89. The van der Waals surface area contributed by atoms with Crippen LogP contribution >= 0.6 is 0 Å². The number of rotatable bonds is 6. The molecule has 5 nitrogen and oxygen atoms in total. The van der Waals surface area contributed by atoms with Crippen molar-refractivity contribution in [2.24, 2.45) is 0 Å². The summed E-state index contributed by atoms with van der Waals surface area (Å²) < 4.78 is 12.9. The van der Waals surface area contributed by atoms with E-state index in [2.05, 4.69) is 15.6 Å². The highest BCUT2D eigenvalue weighted by molar-refractivity contribution is 6.04. The van der Waals surface area contributed by atoms with E-state index in [1.807, 2.05) is 18.2 Å². The quantitative estimate of drug-likeness (QED) is 0.706. The van der Waals surface area contributed by atoms with E-state index >= 15 is 0 Å². The summed E-state index contributed by atoms with van der Waals surface area (Å²) in [5.41, 5.74) is 2.58. The van der Waals surface area contributed by atoms with E-state index in [0.29, 0.717) is 11.3 Å². The van der Waals surface area contributed by atoms with Crippen molar-refractivity contribution in [2.75, 3.05) is 5.32 Å². The smallest absolute Gasteiger partial charge is 0.257 e. The standard InChI is InChI=1S/C21H18FN3O2/c22-18-9-7-15(8-10-18)12-20(26)24-14-16-4-1-2-6-19(16)25-21(27)17-5-3-11-23-13-17/h1-11,13H,12,14H2,(H,24,26)(H,25,27). The number of halogens is 1. The van der Waals surface area contributed by atoms with Gasteiger partial charge in [-0.3, -0.25) is 14.6 Å². The van der Waals surface area contributed by atoms with Gasteiger partial charge in [-0.25, -0.2) is 4.39 Å². The zero-order valence-corrected chi connectivity index (χ0v) is 14.5. The normalized spacial score (nSPS) is 10.3. The Bertz CT molecular complexity index is 928. The summed E-state index contributed by atoms with van der Waals surface area (Å²) in [4.78, 5) is 28.4. The van der Waals surface area contributed by atoms with Gasteiger partial charge in [-0.05, 0) is 41.5 Å². The van der Waals surface area contributed by atoms with Gasteiger partial charge >= 0.3 is 0 Å². The van der Waals surface area contributed by atoms with Gasteiger partial charge in [0.2, 0.25) is 5.91 Å². The molecule has 0 saturated heterocycles. The van der Waals surface area contributed by atoms with Crippen LogP contribution in [0.1, 0.15) is 21.5 Å². The molecule has 0 spiro atoms. The molecule has 2 aromatic carbocycles. The third kappa shape index (κ3) is 5.22. The van der Waals surface area contributed by atoms with E-state index < -0.39 is 0 Å². The third-order valence-electron chi connectivity index (χ3n) is 3.94. The average molecular weight is 363 g/mol. The second-order valence-electron chi connectivity index (χ2n) is 5.93. The Labute approximate surface area is 156 Å². The lowest BCUT2D eigenvalue weighted by Gasteiger charge is -2.12. The Morgan fingerprint density at radius 3 is 2.48 bits per heavy atom. The molecule has 27 heavy (non-hydrogen) atoms. The zero-order valence-electron chi connectivity index (χ0n) is 14.5. The molecular formula is C21H18FN3O2. The highest BCUT2D eigenvalue weighted by atomic mass is 19.1. The van der Waals surface area contributed by atoms with E-state index in [4.69, 9.17) is 0 Å². The highest BCUT2D eigenvalue weighted by Crippen LogP contribution is 2.16. The van der Waals surface area contributed by atoms with Crippen molar-refractivity contribution in [3.8, 4) is 0 Å². The molecule has 1 heterocycles. The van der Waals surface area contributed by atoms with E-state index in [-0.39, 0.29) is 30.6 Å². The first kappa shape index (κ1) is 18.3. The predicted octanol–water partition coefficient (Wildman–Crippen LogP) is 3.33. The number of hydrogen-bond acceptors (Lipinski definition) is 3. The average Bonchev–Trinajstić information content (AvgIpc) is 2.70. The summed E-state index contributed by atoms with van der Waals surface area (Å²) in [7, 11) is 0. The molecule has 0 aliphatic rings. The monoisotopic (exact) mass is 363 g/mol. The third-order valence-corrected chi connectivity index (χ3v) is 3.94. The van der Waals surface area contributed by atoms with Gasteiger partial charge in [0.15, 0.2) is 0 Å². The summed E-state index contributed by atoms with van der Waals surface area (Å²) in [5, 5.41) is 5.65. The van der Waals surface area contributed by atoms with Gasteiger partial charge in [-0.2, -0.15) is 0 Å². The van der Waals surface area contributed by atoms with Crippen LogP contribution in [0.4, 0.5) is 10.1 Å². The van der Waals surface area contributed by atoms with Crippen molar-refractivity contribution in [3.63, 3.8) is 0 Å². The molecule has 0 unspecified atom stereocenters. The van der Waals surface area contributed by atoms with Gasteiger partial charge in [-0.1, -0.05) is 30.3 Å². The molecule has 1 aromatic heterocycles. The molecule has 0 saturated carbocycles. The van der Waals surface area contributed by atoms with Gasteiger partial charge in [0.1, 0.15) is 5.82 Å². The maximum absolute atomic E-state index is 12.9. The molecule has 3 rings (SSSR count). The number of para-hydroxylation sites is 1. The molecule has 3 aromatic rings. The van der Waals surface area contributed by atoms with Crippen molar-refractivity contribution >= 4 is 17.5 Å². The Morgan fingerprint density at radius 2 is 1.74 bits per heavy atom. The predicted molar refractivity (Wildman–Crippen MR) is 101 cm³/mol. The van der Waals surface area contributed by atoms with Crippen molar-refractivity contribution in [3.05, 3.63) is 95.6 Å². The van der Waals surface area contributed by atoms with Crippen LogP contribution in [-0.2, 0) is 17.8 Å². The summed E-state index contributed by atoms with van der Waals surface area (Å²) in [6.45, 7) is 0.267. The summed E-state index contributed by atoms with van der Waals surface area (Å²) >= 11 is 0. The number of hydrogen-bond donors (Lipinski definition) is 2. The topological polar surface area (TPSA) is 71.1 Å². The fourth-order valence-corrected chi connectivity index (χ4v) is 2.53. The lowest BCUT2D eigenvalue weighted by atomic mass is 10.1. The van der Waals surface area contributed by atoms with Gasteiger partial charge in [0, 0.05) is 24.6 Å². The molecule has 0 bridgehead atoms. The first-order valence-corrected chi connectivity index (χ1v) is 8.42. The van der Waals surface area contributed by atoms with Crippen LogP contribution in [0.25, 0.3) is 0 Å². The number of nitrogens with one attached hydrogen (secondary N) is 2. The van der Waals surface area contributed by atoms with E-state index in [1.165, 1.54) is 18.3 Å². The molecule has 136 valence electrons. The molecule has 0 radical (unpaired) electrons. The first-order valence-electron chi connectivity index (χ1n) is 8.42. The number of aromatic nitrogens is 1. The molecule has 0 fully saturated rings. The number of nitrogens with zero attached hydrogens (tertiary/aromatic N) is 1. The summed E-state index contributed by atoms with van der Waals surface area (Å²) in [6.07, 6.45) is 3.24. The Balaban J connectivity index is 1.61. The van der Waals surface area contributed by atoms with Crippen LogP contribution in [-0.4, -0.2) is 16.8 Å². The van der Waals surface area contributed by atoms with Crippen LogP contribution in [0.2, 0.25) is 0 Å². The molecule has 2 N–H and O–H groups in total. The number of amides is 2. The highest BCUT2D eigenvalue weighted by Gasteiger charge is 2.10. The van der Waals surface area contributed by atoms with E-state index in [1.54, 1.807) is 36.5 Å². The second-order valence-corrected chi connectivity index (χ2v) is 5.93. The minimum Gasteiger partial charge on any atom is -0.352 e.